The molecule has 1 rings (SSSR count). The Balaban J connectivity index is 2.79. The van der Waals surface area contributed by atoms with Crippen LogP contribution in [0.15, 0.2) is 12.3 Å². The van der Waals surface area contributed by atoms with Crippen LogP contribution in [-0.2, 0) is 4.74 Å². The predicted molar refractivity (Wildman–Crippen MR) is 56.9 cm³/mol. The molecule has 15 heavy (non-hydrogen) atoms. The second-order valence-electron chi connectivity index (χ2n) is 3.40. The zero-order valence-corrected chi connectivity index (χ0v) is 9.19. The summed E-state index contributed by atoms with van der Waals surface area (Å²) >= 11 is 0. The van der Waals surface area contributed by atoms with Crippen molar-refractivity contribution in [1.82, 2.24) is 4.57 Å². The van der Waals surface area contributed by atoms with E-state index in [2.05, 4.69) is 4.74 Å². The average molecular weight is 212 g/mol. The molecule has 5 heteroatoms. The highest BCUT2D eigenvalue weighted by Gasteiger charge is 2.12. The number of ether oxygens (including phenoxy) is 2. The molecule has 0 amide bonds. The maximum absolute atomic E-state index is 11.1. The van der Waals surface area contributed by atoms with Gasteiger partial charge in [0.25, 0.3) is 0 Å². The van der Waals surface area contributed by atoms with Crippen LogP contribution in [0.5, 0.6) is 5.88 Å². The average Bonchev–Trinajstić information content (AvgIpc) is 2.47. The fraction of sp³-hybridized carbons (Fsp3) is 0.500. The van der Waals surface area contributed by atoms with Gasteiger partial charge >= 0.3 is 6.16 Å². The minimum absolute atomic E-state index is 0.173. The van der Waals surface area contributed by atoms with Crippen LogP contribution in [0.3, 0.4) is 0 Å². The maximum Gasteiger partial charge on any atom is 0.515 e. The first-order chi connectivity index (χ1) is 7.04. The highest BCUT2D eigenvalue weighted by atomic mass is 16.7. The third-order valence-electron chi connectivity index (χ3n) is 1.84. The molecule has 0 aliphatic rings. The molecule has 0 saturated carbocycles. The van der Waals surface area contributed by atoms with Crippen molar-refractivity contribution in [3.05, 3.63) is 12.3 Å². The van der Waals surface area contributed by atoms with Gasteiger partial charge in [-0.2, -0.15) is 0 Å². The van der Waals surface area contributed by atoms with Crippen molar-refractivity contribution < 1.29 is 14.3 Å². The summed E-state index contributed by atoms with van der Waals surface area (Å²) in [5.41, 5.74) is 6.17. The lowest BCUT2D eigenvalue weighted by atomic mass is 10.4. The molecular formula is C10H16N2O3. The van der Waals surface area contributed by atoms with E-state index in [0.717, 1.165) is 0 Å². The summed E-state index contributed by atoms with van der Waals surface area (Å²) < 4.78 is 11.4. The Morgan fingerprint density at radius 3 is 2.80 bits per heavy atom. The maximum atomic E-state index is 11.1. The lowest BCUT2D eigenvalue weighted by molar-refractivity contribution is 0.101. The second-order valence-corrected chi connectivity index (χ2v) is 3.40. The number of hydrogen-bond donors (Lipinski definition) is 1. The molecule has 1 heterocycles. The van der Waals surface area contributed by atoms with Gasteiger partial charge in [-0.25, -0.2) is 4.79 Å². The molecule has 0 fully saturated rings. The standard InChI is InChI=1S/C10H16N2O3/c1-4-14-10(13)15-9-5-8(11)6-12(9)7(2)3/h5-7H,4,11H2,1-3H3. The largest absolute Gasteiger partial charge is 0.515 e. The van der Waals surface area contributed by atoms with E-state index in [4.69, 9.17) is 10.5 Å². The summed E-state index contributed by atoms with van der Waals surface area (Å²) in [6.45, 7) is 5.95. The number of nitrogens with two attached hydrogens (primary N) is 1. The SMILES string of the molecule is CCOC(=O)Oc1cc(N)cn1C(C)C. The van der Waals surface area contributed by atoms with Gasteiger partial charge in [0.15, 0.2) is 0 Å². The van der Waals surface area contributed by atoms with Crippen LogP contribution in [0.2, 0.25) is 0 Å². The molecule has 5 nitrogen and oxygen atoms in total. The fourth-order valence-electron chi connectivity index (χ4n) is 1.20. The Labute approximate surface area is 88.8 Å². The minimum Gasteiger partial charge on any atom is -0.434 e. The molecule has 0 aliphatic heterocycles. The van der Waals surface area contributed by atoms with Crippen molar-refractivity contribution in [1.29, 1.82) is 0 Å². The molecule has 0 aliphatic carbocycles. The van der Waals surface area contributed by atoms with Gasteiger partial charge < -0.3 is 19.8 Å². The van der Waals surface area contributed by atoms with E-state index in [0.29, 0.717) is 11.6 Å². The lowest BCUT2D eigenvalue weighted by Crippen LogP contribution is -2.13. The molecule has 0 spiro atoms. The Hall–Kier alpha value is -1.65. The van der Waals surface area contributed by atoms with Crippen LogP contribution in [0.1, 0.15) is 26.8 Å². The highest BCUT2D eigenvalue weighted by Crippen LogP contribution is 2.23. The molecule has 0 unspecified atom stereocenters. The van der Waals surface area contributed by atoms with Gasteiger partial charge in [-0.05, 0) is 20.8 Å². The molecule has 0 atom stereocenters. The van der Waals surface area contributed by atoms with Crippen molar-refractivity contribution in [2.75, 3.05) is 12.3 Å². The Bertz CT molecular complexity index is 344. The van der Waals surface area contributed by atoms with Crippen LogP contribution >= 0.6 is 0 Å². The zero-order chi connectivity index (χ0) is 11.4. The normalized spacial score (nSPS) is 10.4. The number of carbonyl (C=O) groups excluding carboxylic acids is 1. The van der Waals surface area contributed by atoms with Gasteiger partial charge in [0.05, 0.1) is 12.3 Å². The van der Waals surface area contributed by atoms with Crippen molar-refractivity contribution in [3.8, 4) is 5.88 Å². The number of carbonyl (C=O) groups is 1. The molecule has 0 saturated heterocycles. The Morgan fingerprint density at radius 2 is 2.27 bits per heavy atom. The van der Waals surface area contributed by atoms with Crippen LogP contribution in [0.4, 0.5) is 10.5 Å². The molecule has 2 N–H and O–H groups in total. The fourth-order valence-corrected chi connectivity index (χ4v) is 1.20. The molecule has 0 aromatic carbocycles. The van der Waals surface area contributed by atoms with Crippen molar-refractivity contribution in [2.45, 2.75) is 26.8 Å². The summed E-state index contributed by atoms with van der Waals surface area (Å²) in [6.07, 6.45) is 1.01. The van der Waals surface area contributed by atoms with Crippen LogP contribution in [0.25, 0.3) is 0 Å². The highest BCUT2D eigenvalue weighted by molar-refractivity contribution is 5.64. The number of aromatic nitrogens is 1. The Kier molecular flexibility index (Phi) is 3.60. The van der Waals surface area contributed by atoms with Gasteiger partial charge in [0.2, 0.25) is 5.88 Å². The number of nitrogens with zero attached hydrogens (tertiary/aromatic N) is 1. The van der Waals surface area contributed by atoms with E-state index in [9.17, 15) is 4.79 Å². The van der Waals surface area contributed by atoms with E-state index < -0.39 is 6.16 Å². The first kappa shape index (κ1) is 11.4. The minimum atomic E-state index is -0.711. The van der Waals surface area contributed by atoms with Crippen LogP contribution < -0.4 is 10.5 Å². The topological polar surface area (TPSA) is 66.5 Å². The number of nitrogen functional groups attached to an aromatic ring is 1. The van der Waals surface area contributed by atoms with E-state index in [1.165, 1.54) is 0 Å². The predicted octanol–water partition coefficient (Wildman–Crippen LogP) is 2.19. The van der Waals surface area contributed by atoms with Gasteiger partial charge in [-0.3, -0.25) is 0 Å². The number of hydrogen-bond acceptors (Lipinski definition) is 4. The van der Waals surface area contributed by atoms with Crippen molar-refractivity contribution >= 4 is 11.8 Å². The molecule has 0 radical (unpaired) electrons. The quantitative estimate of drug-likeness (QED) is 0.780. The van der Waals surface area contributed by atoms with E-state index in [1.807, 2.05) is 13.8 Å². The molecule has 1 aromatic heterocycles. The van der Waals surface area contributed by atoms with Crippen molar-refractivity contribution in [3.63, 3.8) is 0 Å². The summed E-state index contributed by atoms with van der Waals surface area (Å²) in [5.74, 6) is 0.404. The lowest BCUT2D eigenvalue weighted by Gasteiger charge is -2.11. The third kappa shape index (κ3) is 2.90. The molecule has 0 bridgehead atoms. The van der Waals surface area contributed by atoms with Gasteiger partial charge in [0.1, 0.15) is 0 Å². The molecule has 1 aromatic rings. The van der Waals surface area contributed by atoms with Gasteiger partial charge in [-0.1, -0.05) is 0 Å². The zero-order valence-electron chi connectivity index (χ0n) is 9.19. The third-order valence-corrected chi connectivity index (χ3v) is 1.84. The summed E-state index contributed by atoms with van der Waals surface area (Å²) in [7, 11) is 0. The molecule has 84 valence electrons. The summed E-state index contributed by atoms with van der Waals surface area (Å²) in [6, 6.07) is 1.77. The number of anilines is 1. The van der Waals surface area contributed by atoms with Crippen molar-refractivity contribution in [2.24, 2.45) is 0 Å². The van der Waals surface area contributed by atoms with Gasteiger partial charge in [-0.15, -0.1) is 0 Å². The van der Waals surface area contributed by atoms with E-state index in [-0.39, 0.29) is 12.6 Å². The Morgan fingerprint density at radius 1 is 1.60 bits per heavy atom. The smallest absolute Gasteiger partial charge is 0.434 e. The van der Waals surface area contributed by atoms with Crippen LogP contribution in [-0.4, -0.2) is 17.3 Å². The second kappa shape index (κ2) is 4.72. The first-order valence-electron chi connectivity index (χ1n) is 4.86. The van der Waals surface area contributed by atoms with Crippen LogP contribution in [0, 0.1) is 0 Å². The molecular weight excluding hydrogens is 196 g/mol. The van der Waals surface area contributed by atoms with Gasteiger partial charge in [0, 0.05) is 18.3 Å². The van der Waals surface area contributed by atoms with E-state index in [1.54, 1.807) is 23.8 Å². The number of rotatable bonds is 3. The first-order valence-corrected chi connectivity index (χ1v) is 4.86. The summed E-state index contributed by atoms with van der Waals surface area (Å²) in [4.78, 5) is 11.1. The van der Waals surface area contributed by atoms with E-state index >= 15 is 0 Å². The summed E-state index contributed by atoms with van der Waals surface area (Å²) in [5, 5.41) is 0. The monoisotopic (exact) mass is 212 g/mol.